The number of carbonyl (C=O) groups excluding carboxylic acids is 1. The lowest BCUT2D eigenvalue weighted by Gasteiger charge is -2.17. The summed E-state index contributed by atoms with van der Waals surface area (Å²) in [6.07, 6.45) is -0.787. The van der Waals surface area contributed by atoms with Gasteiger partial charge >= 0.3 is 5.00 Å². The maximum absolute atomic E-state index is 11.8. The van der Waals surface area contributed by atoms with Crippen molar-refractivity contribution in [3.05, 3.63) is 61.4 Å². The number of hydrogen-bond donors (Lipinski definition) is 0. The molecule has 1 aliphatic rings. The molecule has 0 aliphatic carbocycles. The highest BCUT2D eigenvalue weighted by atomic mass is 79.9. The molecule has 1 amide bonds. The molecule has 0 N–H and O–H groups in total. The summed E-state index contributed by atoms with van der Waals surface area (Å²) >= 11 is 4.31. The van der Waals surface area contributed by atoms with Gasteiger partial charge in [0.15, 0.2) is 0 Å². The average Bonchev–Trinajstić information content (AvgIpc) is 3.14. The molecule has 1 atom stereocenters. The molecule has 0 fully saturated rings. The first-order valence-electron chi connectivity index (χ1n) is 6.51. The Morgan fingerprint density at radius 3 is 2.61 bits per heavy atom. The second-order valence-corrected chi connectivity index (χ2v) is 6.69. The van der Waals surface area contributed by atoms with E-state index in [4.69, 9.17) is 4.74 Å². The van der Waals surface area contributed by atoms with Gasteiger partial charge in [0, 0.05) is 23.0 Å². The minimum Gasteiger partial charge on any atom is -0.445 e. The highest BCUT2D eigenvalue weighted by Gasteiger charge is 2.35. The van der Waals surface area contributed by atoms with Crippen molar-refractivity contribution < 1.29 is 14.5 Å². The zero-order valence-corrected chi connectivity index (χ0v) is 14.2. The molecule has 9 heteroatoms. The Labute approximate surface area is 143 Å². The summed E-state index contributed by atoms with van der Waals surface area (Å²) in [6, 6.07) is 10.2. The predicted octanol–water partition coefficient (Wildman–Crippen LogP) is 3.66. The molecule has 0 saturated carbocycles. The van der Waals surface area contributed by atoms with Crippen LogP contribution in [-0.4, -0.2) is 21.7 Å². The second kappa shape index (κ2) is 6.09. The fraction of sp³-hybridized carbons (Fsp3) is 0.143. The Hall–Kier alpha value is -2.26. The molecule has 2 aromatic rings. The molecule has 1 aromatic carbocycles. The third-order valence-corrected chi connectivity index (χ3v) is 4.69. The molecule has 0 spiro atoms. The van der Waals surface area contributed by atoms with Crippen LogP contribution in [0.4, 0.5) is 5.00 Å². The number of halogens is 1. The van der Waals surface area contributed by atoms with Gasteiger partial charge in [-0.1, -0.05) is 27.3 Å². The third kappa shape index (κ3) is 3.10. The van der Waals surface area contributed by atoms with Gasteiger partial charge in [0.1, 0.15) is 0 Å². The molecule has 1 aromatic heterocycles. The van der Waals surface area contributed by atoms with Crippen LogP contribution >= 0.6 is 27.3 Å². The van der Waals surface area contributed by atoms with E-state index in [0.717, 1.165) is 15.8 Å². The number of hydrogen-bond acceptors (Lipinski definition) is 6. The first kappa shape index (κ1) is 15.6. The minimum atomic E-state index is -0.787. The molecule has 3 rings (SSSR count). The van der Waals surface area contributed by atoms with Crippen LogP contribution in [0.15, 0.2) is 46.0 Å². The number of amides is 1. The number of hydrazone groups is 1. The van der Waals surface area contributed by atoms with Crippen LogP contribution in [-0.2, 0) is 9.53 Å². The number of carbonyl (C=O) groups is 1. The second-order valence-electron chi connectivity index (χ2n) is 4.68. The maximum atomic E-state index is 11.8. The van der Waals surface area contributed by atoms with Crippen molar-refractivity contribution in [2.45, 2.75) is 13.2 Å². The van der Waals surface area contributed by atoms with Crippen molar-refractivity contribution >= 4 is 44.1 Å². The number of nitrogens with zero attached hydrogens (tertiary/aromatic N) is 3. The Kier molecular flexibility index (Phi) is 4.14. The van der Waals surface area contributed by atoms with E-state index < -0.39 is 11.2 Å². The monoisotopic (exact) mass is 395 g/mol. The van der Waals surface area contributed by atoms with Crippen molar-refractivity contribution in [1.82, 2.24) is 5.01 Å². The van der Waals surface area contributed by atoms with E-state index in [1.165, 1.54) is 18.0 Å². The maximum Gasteiger partial charge on any atom is 0.324 e. The smallest absolute Gasteiger partial charge is 0.324 e. The van der Waals surface area contributed by atoms with Gasteiger partial charge in [0.05, 0.1) is 9.80 Å². The minimum absolute atomic E-state index is 0.0100. The summed E-state index contributed by atoms with van der Waals surface area (Å²) in [5.74, 6) is -0.00748. The Morgan fingerprint density at radius 2 is 2.04 bits per heavy atom. The molecule has 0 unspecified atom stereocenters. The van der Waals surface area contributed by atoms with Crippen molar-refractivity contribution in [2.24, 2.45) is 5.10 Å². The molecular formula is C14H10BrN3O4S. The Bertz CT molecular complexity index is 803. The van der Waals surface area contributed by atoms with Crippen molar-refractivity contribution in [3.63, 3.8) is 0 Å². The lowest BCUT2D eigenvalue weighted by atomic mass is 10.2. The van der Waals surface area contributed by atoms with Gasteiger partial charge in [-0.25, -0.2) is 0 Å². The van der Waals surface area contributed by atoms with Gasteiger partial charge in [-0.2, -0.15) is 5.01 Å². The molecule has 23 heavy (non-hydrogen) atoms. The van der Waals surface area contributed by atoms with Crippen LogP contribution in [0.1, 0.15) is 23.6 Å². The number of ether oxygens (including phenoxy) is 1. The van der Waals surface area contributed by atoms with Crippen LogP contribution in [0.2, 0.25) is 0 Å². The highest BCUT2D eigenvalue weighted by molar-refractivity contribution is 9.10. The van der Waals surface area contributed by atoms with Gasteiger partial charge in [-0.3, -0.25) is 14.9 Å². The number of benzene rings is 1. The normalized spacial score (nSPS) is 16.9. The fourth-order valence-corrected chi connectivity index (χ4v) is 3.14. The zero-order valence-electron chi connectivity index (χ0n) is 11.8. The highest BCUT2D eigenvalue weighted by Crippen LogP contribution is 2.36. The van der Waals surface area contributed by atoms with Gasteiger partial charge in [-0.15, -0.1) is 5.10 Å². The van der Waals surface area contributed by atoms with Gasteiger partial charge in [0.25, 0.3) is 0 Å². The summed E-state index contributed by atoms with van der Waals surface area (Å²) in [7, 11) is 0. The van der Waals surface area contributed by atoms with Crippen LogP contribution in [0.25, 0.3) is 0 Å². The quantitative estimate of drug-likeness (QED) is 0.586. The van der Waals surface area contributed by atoms with E-state index in [1.807, 2.05) is 12.1 Å². The number of nitro groups is 1. The Balaban J connectivity index is 1.91. The van der Waals surface area contributed by atoms with E-state index in [0.29, 0.717) is 16.3 Å². The van der Waals surface area contributed by atoms with E-state index in [1.54, 1.807) is 18.2 Å². The molecule has 0 bridgehead atoms. The molecule has 2 heterocycles. The number of thiophene rings is 1. The molecule has 1 aliphatic heterocycles. The largest absolute Gasteiger partial charge is 0.445 e. The standard InChI is InChI=1S/C14H10BrN3O4S/c1-8(19)17-14(11-6-7-12(23-11)18(20)21)22-13(16-17)9-2-4-10(15)5-3-9/h2-7,14H,1H3/t14-/m0/s1. The number of rotatable bonds is 3. The summed E-state index contributed by atoms with van der Waals surface area (Å²) in [5, 5.41) is 16.2. The topological polar surface area (TPSA) is 85.0 Å². The van der Waals surface area contributed by atoms with Gasteiger partial charge < -0.3 is 4.74 Å². The van der Waals surface area contributed by atoms with E-state index in [-0.39, 0.29) is 10.9 Å². The third-order valence-electron chi connectivity index (χ3n) is 3.09. The van der Waals surface area contributed by atoms with Crippen LogP contribution in [0, 0.1) is 10.1 Å². The van der Waals surface area contributed by atoms with E-state index >= 15 is 0 Å². The first-order chi connectivity index (χ1) is 11.0. The molecule has 118 valence electrons. The molecular weight excluding hydrogens is 386 g/mol. The predicted molar refractivity (Wildman–Crippen MR) is 88.0 cm³/mol. The van der Waals surface area contributed by atoms with Crippen LogP contribution in [0.5, 0.6) is 0 Å². The summed E-state index contributed by atoms with van der Waals surface area (Å²) in [4.78, 5) is 22.7. The SMILES string of the molecule is CC(=O)N1N=C(c2ccc(Br)cc2)O[C@H]1c1ccc([N+](=O)[O-])s1. The van der Waals surface area contributed by atoms with Crippen LogP contribution < -0.4 is 0 Å². The van der Waals surface area contributed by atoms with Gasteiger partial charge in [0.2, 0.25) is 18.0 Å². The lowest BCUT2D eigenvalue weighted by molar-refractivity contribution is -0.380. The zero-order chi connectivity index (χ0) is 16.6. The van der Waals surface area contributed by atoms with Crippen molar-refractivity contribution in [2.75, 3.05) is 0 Å². The summed E-state index contributed by atoms with van der Waals surface area (Å²) in [5.41, 5.74) is 0.716. The summed E-state index contributed by atoms with van der Waals surface area (Å²) in [6.45, 7) is 1.37. The molecule has 0 radical (unpaired) electrons. The Morgan fingerprint density at radius 1 is 1.35 bits per heavy atom. The molecule has 0 saturated heterocycles. The lowest BCUT2D eigenvalue weighted by Crippen LogP contribution is -2.24. The van der Waals surface area contributed by atoms with E-state index in [9.17, 15) is 14.9 Å². The first-order valence-corrected chi connectivity index (χ1v) is 8.12. The summed E-state index contributed by atoms with van der Waals surface area (Å²) < 4.78 is 6.68. The average molecular weight is 396 g/mol. The van der Waals surface area contributed by atoms with Crippen molar-refractivity contribution in [3.8, 4) is 0 Å². The molecule has 7 nitrogen and oxygen atoms in total. The fourth-order valence-electron chi connectivity index (χ4n) is 2.03. The van der Waals surface area contributed by atoms with Gasteiger partial charge in [-0.05, 0) is 30.3 Å². The van der Waals surface area contributed by atoms with Crippen LogP contribution in [0.3, 0.4) is 0 Å². The van der Waals surface area contributed by atoms with E-state index in [2.05, 4.69) is 21.0 Å². The van der Waals surface area contributed by atoms with Crippen molar-refractivity contribution in [1.29, 1.82) is 0 Å².